The van der Waals surface area contributed by atoms with Crippen molar-refractivity contribution in [2.24, 2.45) is 0 Å². The summed E-state index contributed by atoms with van der Waals surface area (Å²) in [6.07, 6.45) is 0. The molecule has 0 atom stereocenters. The lowest BCUT2D eigenvalue weighted by Gasteiger charge is -2.15. The molecule has 0 saturated heterocycles. The molecule has 0 aliphatic carbocycles. The van der Waals surface area contributed by atoms with Gasteiger partial charge in [-0.25, -0.2) is 17.9 Å². The van der Waals surface area contributed by atoms with Crippen molar-refractivity contribution >= 4 is 27.1 Å². The molecule has 0 radical (unpaired) electrons. The fraction of sp³-hybridized carbons (Fsp3) is 0.176. The average Bonchev–Trinajstić information content (AvgIpc) is 3.20. The number of hydrogen-bond acceptors (Lipinski definition) is 6. The maximum Gasteiger partial charge on any atom is 0.359 e. The van der Waals surface area contributed by atoms with Gasteiger partial charge in [-0.2, -0.15) is 5.10 Å². The summed E-state index contributed by atoms with van der Waals surface area (Å²) in [6.45, 7) is 1.90. The van der Waals surface area contributed by atoms with Gasteiger partial charge in [0.2, 0.25) is 0 Å². The highest BCUT2D eigenvalue weighted by atomic mass is 32.2. The SMILES string of the molecule is CCOC(=O)c1nn(-c2ccccc2)c2c1CS(=O)(=O)c1sccc1-2. The van der Waals surface area contributed by atoms with Crippen molar-refractivity contribution in [3.8, 4) is 16.9 Å². The molecular formula is C17H14N2O4S2. The predicted octanol–water partition coefficient (Wildman–Crippen LogP) is 3.06. The summed E-state index contributed by atoms with van der Waals surface area (Å²) in [4.78, 5) is 12.3. The van der Waals surface area contributed by atoms with Crippen molar-refractivity contribution in [2.45, 2.75) is 16.9 Å². The molecule has 3 heterocycles. The Morgan fingerprint density at radius 1 is 1.28 bits per heavy atom. The molecule has 8 heteroatoms. The second-order valence-electron chi connectivity index (χ2n) is 5.52. The van der Waals surface area contributed by atoms with E-state index in [1.807, 2.05) is 30.3 Å². The number of esters is 1. The first-order valence-corrected chi connectivity index (χ1v) is 10.2. The van der Waals surface area contributed by atoms with Gasteiger partial charge in [0.1, 0.15) is 4.21 Å². The van der Waals surface area contributed by atoms with Crippen LogP contribution in [-0.4, -0.2) is 30.8 Å². The Bertz CT molecular complexity index is 1070. The highest BCUT2D eigenvalue weighted by Gasteiger charge is 2.37. The number of sulfone groups is 1. The molecule has 0 spiro atoms. The van der Waals surface area contributed by atoms with Crippen molar-refractivity contribution in [1.82, 2.24) is 9.78 Å². The highest BCUT2D eigenvalue weighted by molar-refractivity contribution is 7.93. The molecule has 128 valence electrons. The third-order valence-electron chi connectivity index (χ3n) is 3.95. The van der Waals surface area contributed by atoms with Crippen molar-refractivity contribution < 1.29 is 17.9 Å². The van der Waals surface area contributed by atoms with Crippen LogP contribution in [0.4, 0.5) is 0 Å². The number of carbonyl (C=O) groups excluding carboxylic acids is 1. The molecule has 25 heavy (non-hydrogen) atoms. The van der Waals surface area contributed by atoms with Gasteiger partial charge in [-0.1, -0.05) is 18.2 Å². The summed E-state index contributed by atoms with van der Waals surface area (Å²) < 4.78 is 32.2. The second kappa shape index (κ2) is 5.82. The fourth-order valence-corrected chi connectivity index (χ4v) is 5.78. The normalized spacial score (nSPS) is 14.6. The van der Waals surface area contributed by atoms with Crippen molar-refractivity contribution in [1.29, 1.82) is 0 Å². The maximum absolute atomic E-state index is 12.6. The minimum atomic E-state index is -3.49. The lowest BCUT2D eigenvalue weighted by atomic mass is 10.1. The predicted molar refractivity (Wildman–Crippen MR) is 93.7 cm³/mol. The van der Waals surface area contributed by atoms with E-state index in [1.54, 1.807) is 23.1 Å². The highest BCUT2D eigenvalue weighted by Crippen LogP contribution is 2.43. The van der Waals surface area contributed by atoms with E-state index in [0.29, 0.717) is 21.0 Å². The zero-order valence-electron chi connectivity index (χ0n) is 13.3. The van der Waals surface area contributed by atoms with E-state index in [9.17, 15) is 13.2 Å². The summed E-state index contributed by atoms with van der Waals surface area (Å²) in [5.41, 5.74) is 2.43. The van der Waals surface area contributed by atoms with E-state index in [1.165, 1.54) is 11.3 Å². The molecular weight excluding hydrogens is 360 g/mol. The molecule has 1 aliphatic rings. The van der Waals surface area contributed by atoms with Gasteiger partial charge < -0.3 is 4.74 Å². The van der Waals surface area contributed by atoms with E-state index in [-0.39, 0.29) is 18.1 Å². The molecule has 1 aromatic carbocycles. The Labute approximate surface area is 148 Å². The molecule has 6 nitrogen and oxygen atoms in total. The summed E-state index contributed by atoms with van der Waals surface area (Å²) in [7, 11) is -3.49. The molecule has 0 amide bonds. The summed E-state index contributed by atoms with van der Waals surface area (Å²) in [5, 5.41) is 6.15. The van der Waals surface area contributed by atoms with Gasteiger partial charge in [0.25, 0.3) is 0 Å². The van der Waals surface area contributed by atoms with Crippen LogP contribution in [0.3, 0.4) is 0 Å². The second-order valence-corrected chi connectivity index (χ2v) is 8.63. The number of carbonyl (C=O) groups is 1. The number of hydrogen-bond donors (Lipinski definition) is 0. The van der Waals surface area contributed by atoms with E-state index >= 15 is 0 Å². The minimum Gasteiger partial charge on any atom is -0.461 e. The molecule has 2 aromatic heterocycles. The van der Waals surface area contributed by atoms with Crippen molar-refractivity contribution in [3.05, 3.63) is 53.0 Å². The fourth-order valence-electron chi connectivity index (χ4n) is 2.95. The Kier molecular flexibility index (Phi) is 3.73. The smallest absolute Gasteiger partial charge is 0.359 e. The van der Waals surface area contributed by atoms with E-state index < -0.39 is 15.8 Å². The molecule has 0 N–H and O–H groups in total. The Morgan fingerprint density at radius 2 is 2.04 bits per heavy atom. The van der Waals surface area contributed by atoms with Crippen LogP contribution in [0.5, 0.6) is 0 Å². The number of aromatic nitrogens is 2. The largest absolute Gasteiger partial charge is 0.461 e. The first-order chi connectivity index (χ1) is 12.0. The minimum absolute atomic E-state index is 0.0566. The molecule has 3 aromatic rings. The van der Waals surface area contributed by atoms with Gasteiger partial charge in [0, 0.05) is 11.1 Å². The number of nitrogens with zero attached hydrogens (tertiary/aromatic N) is 2. The standard InChI is InChI=1S/C17H14N2O4S2/c1-2-23-16(20)14-13-10-25(21,22)17-12(8-9-24-17)15(13)19(18-14)11-6-4-3-5-7-11/h3-9H,2,10H2,1H3. The Morgan fingerprint density at radius 3 is 2.76 bits per heavy atom. The zero-order chi connectivity index (χ0) is 17.6. The number of rotatable bonds is 3. The van der Waals surface area contributed by atoms with Gasteiger partial charge in [-0.05, 0) is 30.5 Å². The van der Waals surface area contributed by atoms with Gasteiger partial charge in [-0.3, -0.25) is 0 Å². The van der Waals surface area contributed by atoms with Crippen LogP contribution >= 0.6 is 11.3 Å². The van der Waals surface area contributed by atoms with Gasteiger partial charge >= 0.3 is 5.97 Å². The van der Waals surface area contributed by atoms with Crippen LogP contribution in [0.2, 0.25) is 0 Å². The molecule has 0 fully saturated rings. The lowest BCUT2D eigenvalue weighted by molar-refractivity contribution is 0.0518. The maximum atomic E-state index is 12.6. The van der Waals surface area contributed by atoms with Crippen LogP contribution in [0.15, 0.2) is 46.0 Å². The monoisotopic (exact) mass is 374 g/mol. The van der Waals surface area contributed by atoms with E-state index in [0.717, 1.165) is 5.69 Å². The van der Waals surface area contributed by atoms with Gasteiger partial charge in [-0.15, -0.1) is 11.3 Å². The molecule has 0 saturated carbocycles. The number of para-hydroxylation sites is 1. The van der Waals surface area contributed by atoms with Crippen LogP contribution in [0.25, 0.3) is 16.9 Å². The van der Waals surface area contributed by atoms with Crippen LogP contribution in [-0.2, 0) is 20.3 Å². The third-order valence-corrected chi connectivity index (χ3v) is 7.16. The Balaban J connectivity index is 2.03. The topological polar surface area (TPSA) is 78.3 Å². The Hall–Kier alpha value is -2.45. The summed E-state index contributed by atoms with van der Waals surface area (Å²) in [5.74, 6) is -0.862. The first-order valence-electron chi connectivity index (χ1n) is 7.68. The van der Waals surface area contributed by atoms with E-state index in [2.05, 4.69) is 5.10 Å². The lowest BCUT2D eigenvalue weighted by Crippen LogP contribution is -2.14. The number of benzene rings is 1. The third kappa shape index (κ3) is 2.49. The van der Waals surface area contributed by atoms with Crippen LogP contribution in [0.1, 0.15) is 23.0 Å². The van der Waals surface area contributed by atoms with Gasteiger partial charge in [0.15, 0.2) is 15.5 Å². The first kappa shape index (κ1) is 16.0. The number of thiophene rings is 1. The summed E-state index contributed by atoms with van der Waals surface area (Å²) in [6, 6.07) is 11.1. The van der Waals surface area contributed by atoms with Crippen molar-refractivity contribution in [3.63, 3.8) is 0 Å². The van der Waals surface area contributed by atoms with Crippen LogP contribution in [0, 0.1) is 0 Å². The van der Waals surface area contributed by atoms with E-state index in [4.69, 9.17) is 4.74 Å². The van der Waals surface area contributed by atoms with Crippen LogP contribution < -0.4 is 0 Å². The number of fused-ring (bicyclic) bond motifs is 3. The molecule has 1 aliphatic heterocycles. The molecule has 4 rings (SSSR count). The average molecular weight is 374 g/mol. The quantitative estimate of drug-likeness (QED) is 0.659. The number of ether oxygens (including phenoxy) is 1. The summed E-state index contributed by atoms with van der Waals surface area (Å²) >= 11 is 1.18. The van der Waals surface area contributed by atoms with Crippen molar-refractivity contribution in [2.75, 3.05) is 6.61 Å². The molecule has 0 bridgehead atoms. The van der Waals surface area contributed by atoms with Gasteiger partial charge in [0.05, 0.1) is 23.7 Å². The zero-order valence-corrected chi connectivity index (χ0v) is 14.9. The molecule has 0 unspecified atom stereocenters.